The quantitative estimate of drug-likeness (QED) is 0.715. The van der Waals surface area contributed by atoms with Gasteiger partial charge in [0, 0.05) is 25.7 Å². The van der Waals surface area contributed by atoms with Crippen LogP contribution in [0.15, 0.2) is 24.3 Å². The van der Waals surface area contributed by atoms with Crippen molar-refractivity contribution >= 4 is 6.09 Å². The number of carbonyl (C=O) groups is 1. The van der Waals surface area contributed by atoms with E-state index in [9.17, 15) is 4.79 Å². The molecule has 2 saturated heterocycles. The third-order valence-corrected chi connectivity index (χ3v) is 6.46. The average molecular weight is 403 g/mol. The minimum atomic E-state index is -0.417. The van der Waals surface area contributed by atoms with E-state index in [4.69, 9.17) is 9.47 Å². The lowest BCUT2D eigenvalue weighted by atomic mass is 9.77. The van der Waals surface area contributed by atoms with Crippen LogP contribution in [-0.2, 0) is 11.3 Å². The van der Waals surface area contributed by atoms with Gasteiger partial charge in [0.25, 0.3) is 0 Å². The van der Waals surface area contributed by atoms with Crippen molar-refractivity contribution in [1.82, 2.24) is 9.80 Å². The molecule has 0 bridgehead atoms. The fraction of sp³-hybridized carbons (Fsp3) is 0.708. The fourth-order valence-corrected chi connectivity index (χ4v) is 4.77. The maximum absolute atomic E-state index is 12.3. The van der Waals surface area contributed by atoms with Gasteiger partial charge in [-0.3, -0.25) is 4.90 Å². The number of piperidine rings is 2. The summed E-state index contributed by atoms with van der Waals surface area (Å²) in [6, 6.07) is 9.03. The standard InChI is InChI=1S/C24H38N2O3/c1-18-16-21(12-15-26(18)17-19-6-8-22(28-5)9-7-19)20-10-13-25(14-11-20)23(27)29-24(2,3)4/h6-9,18,20-21H,10-17H2,1-5H3/t18-,21-/m1/s1. The number of hydrogen-bond donors (Lipinski definition) is 0. The van der Waals surface area contributed by atoms with Crippen LogP contribution in [0.2, 0.25) is 0 Å². The van der Waals surface area contributed by atoms with Gasteiger partial charge in [-0.15, -0.1) is 0 Å². The summed E-state index contributed by atoms with van der Waals surface area (Å²) in [5, 5.41) is 0. The highest BCUT2D eigenvalue weighted by Gasteiger charge is 2.34. The number of methoxy groups -OCH3 is 1. The van der Waals surface area contributed by atoms with Crippen LogP contribution in [-0.4, -0.2) is 54.3 Å². The lowest BCUT2D eigenvalue weighted by Crippen LogP contribution is -2.46. The molecule has 0 aliphatic carbocycles. The molecule has 1 aromatic rings. The predicted octanol–water partition coefficient (Wildman–Crippen LogP) is 4.94. The zero-order valence-corrected chi connectivity index (χ0v) is 18.8. The molecule has 2 atom stereocenters. The zero-order valence-electron chi connectivity index (χ0n) is 18.8. The van der Waals surface area contributed by atoms with E-state index in [1.807, 2.05) is 37.8 Å². The molecular weight excluding hydrogens is 364 g/mol. The highest BCUT2D eigenvalue weighted by molar-refractivity contribution is 5.68. The van der Waals surface area contributed by atoms with Crippen LogP contribution in [0, 0.1) is 11.8 Å². The normalized spacial score (nSPS) is 24.4. The van der Waals surface area contributed by atoms with Gasteiger partial charge in [-0.25, -0.2) is 4.79 Å². The van der Waals surface area contributed by atoms with Crippen molar-refractivity contribution in [1.29, 1.82) is 0 Å². The van der Waals surface area contributed by atoms with Crippen LogP contribution in [0.5, 0.6) is 5.75 Å². The molecule has 2 aliphatic rings. The predicted molar refractivity (Wildman–Crippen MR) is 116 cm³/mol. The SMILES string of the molecule is COc1ccc(CN2CC[C@@H](C3CCN(C(=O)OC(C)(C)C)CC3)C[C@H]2C)cc1. The van der Waals surface area contributed by atoms with Crippen LogP contribution in [0.25, 0.3) is 0 Å². The molecule has 2 heterocycles. The van der Waals surface area contributed by atoms with Gasteiger partial charge < -0.3 is 14.4 Å². The van der Waals surface area contributed by atoms with Gasteiger partial charge in [0.15, 0.2) is 0 Å². The van der Waals surface area contributed by atoms with Gasteiger partial charge in [0.05, 0.1) is 7.11 Å². The molecule has 5 nitrogen and oxygen atoms in total. The molecule has 3 rings (SSSR count). The molecule has 162 valence electrons. The number of hydrogen-bond acceptors (Lipinski definition) is 4. The number of amides is 1. The fourth-order valence-electron chi connectivity index (χ4n) is 4.77. The molecule has 0 aromatic heterocycles. The van der Waals surface area contributed by atoms with Crippen LogP contribution in [0.4, 0.5) is 4.79 Å². The number of nitrogens with zero attached hydrogens (tertiary/aromatic N) is 2. The lowest BCUT2D eigenvalue weighted by molar-refractivity contribution is 0.0110. The summed E-state index contributed by atoms with van der Waals surface area (Å²) in [7, 11) is 1.71. The van der Waals surface area contributed by atoms with E-state index in [0.717, 1.165) is 56.6 Å². The van der Waals surface area contributed by atoms with Crippen molar-refractivity contribution in [3.05, 3.63) is 29.8 Å². The van der Waals surface area contributed by atoms with E-state index in [-0.39, 0.29) is 6.09 Å². The molecule has 0 saturated carbocycles. The summed E-state index contributed by atoms with van der Waals surface area (Å²) in [4.78, 5) is 16.8. The van der Waals surface area contributed by atoms with Crippen molar-refractivity contribution in [2.24, 2.45) is 11.8 Å². The molecule has 29 heavy (non-hydrogen) atoms. The van der Waals surface area contributed by atoms with Crippen LogP contribution in [0.1, 0.15) is 58.9 Å². The summed E-state index contributed by atoms with van der Waals surface area (Å²) >= 11 is 0. The van der Waals surface area contributed by atoms with Gasteiger partial charge in [-0.1, -0.05) is 12.1 Å². The van der Waals surface area contributed by atoms with Gasteiger partial charge in [-0.05, 0) is 89.5 Å². The maximum Gasteiger partial charge on any atom is 0.410 e. The molecule has 2 fully saturated rings. The van der Waals surface area contributed by atoms with Gasteiger partial charge in [0.1, 0.15) is 11.4 Å². The summed E-state index contributed by atoms with van der Waals surface area (Å²) in [6.07, 6.45) is 4.58. The molecule has 5 heteroatoms. The molecule has 1 aromatic carbocycles. The monoisotopic (exact) mass is 402 g/mol. The van der Waals surface area contributed by atoms with Crippen molar-refractivity contribution in [2.75, 3.05) is 26.7 Å². The van der Waals surface area contributed by atoms with E-state index >= 15 is 0 Å². The Bertz CT molecular complexity index is 660. The van der Waals surface area contributed by atoms with Crippen LogP contribution in [0.3, 0.4) is 0 Å². The number of ether oxygens (including phenoxy) is 2. The molecule has 0 spiro atoms. The van der Waals surface area contributed by atoms with E-state index < -0.39 is 5.60 Å². The molecular formula is C24H38N2O3. The van der Waals surface area contributed by atoms with E-state index in [1.165, 1.54) is 18.4 Å². The van der Waals surface area contributed by atoms with Crippen molar-refractivity contribution in [3.63, 3.8) is 0 Å². The second kappa shape index (κ2) is 9.38. The first-order valence-corrected chi connectivity index (χ1v) is 11.1. The second-order valence-corrected chi connectivity index (χ2v) is 9.76. The smallest absolute Gasteiger partial charge is 0.410 e. The maximum atomic E-state index is 12.3. The molecule has 0 radical (unpaired) electrons. The van der Waals surface area contributed by atoms with Gasteiger partial charge in [0.2, 0.25) is 0 Å². The highest BCUT2D eigenvalue weighted by Crippen LogP contribution is 2.35. The van der Waals surface area contributed by atoms with Crippen molar-refractivity contribution < 1.29 is 14.3 Å². The number of carbonyl (C=O) groups excluding carboxylic acids is 1. The Hall–Kier alpha value is -1.75. The summed E-state index contributed by atoms with van der Waals surface area (Å²) in [5.74, 6) is 2.43. The molecule has 0 N–H and O–H groups in total. The third-order valence-electron chi connectivity index (χ3n) is 6.46. The highest BCUT2D eigenvalue weighted by atomic mass is 16.6. The minimum Gasteiger partial charge on any atom is -0.497 e. The Morgan fingerprint density at radius 1 is 1.03 bits per heavy atom. The summed E-state index contributed by atoms with van der Waals surface area (Å²) < 4.78 is 10.8. The molecule has 1 amide bonds. The minimum absolute atomic E-state index is 0.154. The van der Waals surface area contributed by atoms with E-state index in [2.05, 4.69) is 24.0 Å². The van der Waals surface area contributed by atoms with Gasteiger partial charge in [-0.2, -0.15) is 0 Å². The Morgan fingerprint density at radius 3 is 2.21 bits per heavy atom. The Balaban J connectivity index is 1.45. The van der Waals surface area contributed by atoms with E-state index in [1.54, 1.807) is 7.11 Å². The first-order valence-electron chi connectivity index (χ1n) is 11.1. The van der Waals surface area contributed by atoms with Gasteiger partial charge >= 0.3 is 6.09 Å². The number of likely N-dealkylation sites (tertiary alicyclic amines) is 2. The number of rotatable bonds is 4. The number of benzene rings is 1. The first-order chi connectivity index (χ1) is 13.7. The van der Waals surface area contributed by atoms with Crippen LogP contribution >= 0.6 is 0 Å². The molecule has 2 aliphatic heterocycles. The largest absolute Gasteiger partial charge is 0.497 e. The summed E-state index contributed by atoms with van der Waals surface area (Å²) in [6.45, 7) is 12.0. The third kappa shape index (κ3) is 6.11. The second-order valence-electron chi connectivity index (χ2n) is 9.76. The topological polar surface area (TPSA) is 42.0 Å². The van der Waals surface area contributed by atoms with E-state index in [0.29, 0.717) is 6.04 Å². The molecule has 0 unspecified atom stereocenters. The van der Waals surface area contributed by atoms with Crippen molar-refractivity contribution in [2.45, 2.75) is 71.6 Å². The Kier molecular flexibility index (Phi) is 7.10. The Morgan fingerprint density at radius 2 is 1.66 bits per heavy atom. The summed E-state index contributed by atoms with van der Waals surface area (Å²) in [5.41, 5.74) is 0.932. The van der Waals surface area contributed by atoms with Crippen LogP contribution < -0.4 is 4.74 Å². The lowest BCUT2D eigenvalue weighted by Gasteiger charge is -2.43. The Labute approximate surface area is 176 Å². The average Bonchev–Trinajstić information content (AvgIpc) is 2.69. The first kappa shape index (κ1) is 21.9. The zero-order chi connectivity index (χ0) is 21.0. The van der Waals surface area contributed by atoms with Crippen molar-refractivity contribution in [3.8, 4) is 5.75 Å².